The molecule has 1 aromatic heterocycles. The van der Waals surface area contributed by atoms with Crippen molar-refractivity contribution in [2.75, 3.05) is 0 Å². The van der Waals surface area contributed by atoms with Crippen molar-refractivity contribution in [3.63, 3.8) is 0 Å². The van der Waals surface area contributed by atoms with Crippen LogP contribution in [0.15, 0.2) is 9.31 Å². The molecule has 0 saturated heterocycles. The van der Waals surface area contributed by atoms with Gasteiger partial charge in [-0.15, -0.1) is 12.6 Å². The number of furan rings is 1. The zero-order valence-corrected chi connectivity index (χ0v) is 7.27. The van der Waals surface area contributed by atoms with Crippen LogP contribution in [0.25, 0.3) is 0 Å². The summed E-state index contributed by atoms with van der Waals surface area (Å²) in [5, 5.41) is 0. The highest BCUT2D eigenvalue weighted by molar-refractivity contribution is 7.80. The molecule has 3 nitrogen and oxygen atoms in total. The summed E-state index contributed by atoms with van der Waals surface area (Å²) < 4.78 is 10.4. The maximum Gasteiger partial charge on any atom is 0.325 e. The number of rotatable bonds is 0. The molecule has 0 saturated carbocycles. The molecule has 1 atom stereocenters. The van der Waals surface area contributed by atoms with E-state index in [0.717, 1.165) is 5.76 Å². The van der Waals surface area contributed by atoms with Crippen LogP contribution in [-0.2, 0) is 16.6 Å². The van der Waals surface area contributed by atoms with Crippen molar-refractivity contribution in [2.24, 2.45) is 0 Å². The van der Waals surface area contributed by atoms with Gasteiger partial charge in [0.2, 0.25) is 0 Å². The van der Waals surface area contributed by atoms with Gasteiger partial charge in [-0.1, -0.05) is 0 Å². The van der Waals surface area contributed by atoms with E-state index in [1.807, 2.05) is 6.92 Å². The Morgan fingerprint density at radius 1 is 1.58 bits per heavy atom. The number of carbonyl (C=O) groups is 1. The van der Waals surface area contributed by atoms with Crippen LogP contribution in [0.1, 0.15) is 18.4 Å². The van der Waals surface area contributed by atoms with E-state index in [-0.39, 0.29) is 5.97 Å². The average molecular weight is 182 g/mol. The van der Waals surface area contributed by atoms with E-state index in [2.05, 4.69) is 12.6 Å². The fourth-order valence-corrected chi connectivity index (χ4v) is 2.07. The molecule has 0 radical (unpaired) electrons. The first-order chi connectivity index (χ1) is 5.63. The first kappa shape index (κ1) is 6.60. The summed E-state index contributed by atoms with van der Waals surface area (Å²) in [6.45, 7) is 1.84. The van der Waals surface area contributed by atoms with Gasteiger partial charge in [0, 0.05) is 6.42 Å². The Kier molecular flexibility index (Phi) is 0.862. The van der Waals surface area contributed by atoms with E-state index < -0.39 is 5.41 Å². The Labute approximate surface area is 74.1 Å². The molecular weight excluding hydrogens is 176 g/mol. The maximum absolute atomic E-state index is 11.4. The minimum absolute atomic E-state index is 0.216. The van der Waals surface area contributed by atoms with Crippen molar-refractivity contribution < 1.29 is 13.9 Å². The zero-order valence-electron chi connectivity index (χ0n) is 6.38. The summed E-state index contributed by atoms with van der Waals surface area (Å²) in [6.07, 6.45) is 0.601. The third kappa shape index (κ3) is 0.458. The number of thiol groups is 1. The van der Waals surface area contributed by atoms with Crippen molar-refractivity contribution in [3.05, 3.63) is 11.5 Å². The van der Waals surface area contributed by atoms with Gasteiger partial charge in [-0.3, -0.25) is 4.79 Å². The number of fused-ring (bicyclic) bond motifs is 1. The molecule has 3 rings (SSSR count). The van der Waals surface area contributed by atoms with Gasteiger partial charge in [0.05, 0.1) is 4.90 Å². The fourth-order valence-electron chi connectivity index (χ4n) is 1.80. The third-order valence-corrected chi connectivity index (χ3v) is 3.02. The van der Waals surface area contributed by atoms with Crippen LogP contribution < -0.4 is 4.74 Å². The van der Waals surface area contributed by atoms with E-state index in [1.165, 1.54) is 0 Å². The van der Waals surface area contributed by atoms with Crippen LogP contribution in [0.5, 0.6) is 5.75 Å². The Hall–Kier alpha value is -0.900. The van der Waals surface area contributed by atoms with Crippen molar-refractivity contribution in [1.29, 1.82) is 0 Å². The molecule has 12 heavy (non-hydrogen) atoms. The Morgan fingerprint density at radius 3 is 2.92 bits per heavy atom. The molecule has 0 fully saturated rings. The summed E-state index contributed by atoms with van der Waals surface area (Å²) in [4.78, 5) is 12.0. The SMILES string of the molecule is CC12Cc3oc1c(c3S)OC2=O. The minimum Gasteiger partial charge on any atom is -0.460 e. The van der Waals surface area contributed by atoms with Crippen LogP contribution in [0.2, 0.25) is 0 Å². The first-order valence-corrected chi connectivity index (χ1v) is 4.15. The summed E-state index contributed by atoms with van der Waals surface area (Å²) in [5.74, 6) is 1.75. The smallest absolute Gasteiger partial charge is 0.325 e. The highest BCUT2D eigenvalue weighted by atomic mass is 32.1. The van der Waals surface area contributed by atoms with E-state index in [0.29, 0.717) is 22.8 Å². The predicted molar refractivity (Wildman–Crippen MR) is 42.7 cm³/mol. The lowest BCUT2D eigenvalue weighted by Gasteiger charge is -2.10. The number of carbonyl (C=O) groups excluding carboxylic acids is 1. The molecule has 0 spiro atoms. The second-order valence-corrected chi connectivity index (χ2v) is 3.88. The van der Waals surface area contributed by atoms with E-state index >= 15 is 0 Å². The van der Waals surface area contributed by atoms with E-state index in [4.69, 9.17) is 9.15 Å². The maximum atomic E-state index is 11.4. The molecule has 1 unspecified atom stereocenters. The van der Waals surface area contributed by atoms with Gasteiger partial charge < -0.3 is 9.15 Å². The van der Waals surface area contributed by atoms with Crippen LogP contribution in [0, 0.1) is 0 Å². The molecule has 0 aliphatic carbocycles. The molecule has 2 bridgehead atoms. The summed E-state index contributed by atoms with van der Waals surface area (Å²) >= 11 is 4.20. The van der Waals surface area contributed by atoms with E-state index in [9.17, 15) is 4.79 Å². The molecule has 62 valence electrons. The lowest BCUT2D eigenvalue weighted by Crippen LogP contribution is -2.29. The summed E-state index contributed by atoms with van der Waals surface area (Å²) in [6, 6.07) is 0. The van der Waals surface area contributed by atoms with Gasteiger partial charge in [0.1, 0.15) is 11.2 Å². The predicted octanol–water partition coefficient (Wildman–Crippen LogP) is 1.30. The van der Waals surface area contributed by atoms with Gasteiger partial charge in [0.15, 0.2) is 11.5 Å². The standard InChI is InChI=1S/C8H6O3S/c1-8-2-3-5(12)4(6(8)10-3)11-7(8)9/h12H,2H2,1H3. The zero-order chi connectivity index (χ0) is 8.51. The summed E-state index contributed by atoms with van der Waals surface area (Å²) in [5.41, 5.74) is -0.545. The molecule has 0 N–H and O–H groups in total. The van der Waals surface area contributed by atoms with Crippen LogP contribution in [-0.4, -0.2) is 5.97 Å². The van der Waals surface area contributed by atoms with Gasteiger partial charge in [-0.05, 0) is 6.92 Å². The Bertz CT molecular complexity index is 407. The van der Waals surface area contributed by atoms with Crippen LogP contribution in [0.3, 0.4) is 0 Å². The third-order valence-electron chi connectivity index (χ3n) is 2.57. The van der Waals surface area contributed by atoms with Crippen molar-refractivity contribution >= 4 is 18.6 Å². The van der Waals surface area contributed by atoms with E-state index in [1.54, 1.807) is 0 Å². The monoisotopic (exact) mass is 182 g/mol. The highest BCUT2D eigenvalue weighted by Gasteiger charge is 2.56. The Balaban J connectivity index is 2.39. The van der Waals surface area contributed by atoms with Gasteiger partial charge in [-0.2, -0.15) is 0 Å². The topological polar surface area (TPSA) is 39.4 Å². The number of esters is 1. The molecule has 2 aliphatic heterocycles. The first-order valence-electron chi connectivity index (χ1n) is 3.70. The average Bonchev–Trinajstić information content (AvgIpc) is 2.53. The second-order valence-electron chi connectivity index (χ2n) is 3.43. The lowest BCUT2D eigenvalue weighted by molar-refractivity contribution is -0.137. The van der Waals surface area contributed by atoms with Gasteiger partial charge in [-0.25, -0.2) is 0 Å². The van der Waals surface area contributed by atoms with Crippen molar-refractivity contribution in [1.82, 2.24) is 0 Å². The number of hydrogen-bond acceptors (Lipinski definition) is 4. The number of hydrogen-bond donors (Lipinski definition) is 1. The Morgan fingerprint density at radius 2 is 2.33 bits per heavy atom. The normalized spacial score (nSPS) is 29.7. The van der Waals surface area contributed by atoms with Crippen LogP contribution >= 0.6 is 12.6 Å². The second kappa shape index (κ2) is 1.57. The van der Waals surface area contributed by atoms with Gasteiger partial charge >= 0.3 is 5.97 Å². The molecule has 3 heterocycles. The highest BCUT2D eigenvalue weighted by Crippen LogP contribution is 2.54. The largest absolute Gasteiger partial charge is 0.460 e. The van der Waals surface area contributed by atoms with Gasteiger partial charge in [0.25, 0.3) is 0 Å². The molecule has 0 amide bonds. The lowest BCUT2D eigenvalue weighted by atomic mass is 9.84. The van der Waals surface area contributed by atoms with Crippen LogP contribution in [0.4, 0.5) is 0 Å². The molecule has 2 aliphatic rings. The quantitative estimate of drug-likeness (QED) is 0.485. The van der Waals surface area contributed by atoms with Crippen molar-refractivity contribution in [3.8, 4) is 5.75 Å². The minimum atomic E-state index is -0.545. The number of ether oxygens (including phenoxy) is 1. The van der Waals surface area contributed by atoms with Crippen molar-refractivity contribution in [2.45, 2.75) is 23.7 Å². The summed E-state index contributed by atoms with van der Waals surface area (Å²) in [7, 11) is 0. The molecular formula is C8H6O3S. The molecule has 0 aromatic carbocycles. The fraction of sp³-hybridized carbons (Fsp3) is 0.375. The molecule has 4 heteroatoms. The molecule has 1 aromatic rings.